The Kier molecular flexibility index (Phi) is 4.50. The molecule has 0 fully saturated rings. The molecule has 0 aliphatic rings. The molecule has 2 N–H and O–H groups in total. The van der Waals surface area contributed by atoms with Gasteiger partial charge in [0.05, 0.1) is 5.69 Å². The van der Waals surface area contributed by atoms with Crippen LogP contribution >= 0.6 is 15.9 Å². The predicted molar refractivity (Wildman–Crippen MR) is 82.2 cm³/mol. The lowest BCUT2D eigenvalue weighted by atomic mass is 10.1. The monoisotopic (exact) mass is 320 g/mol. The van der Waals surface area contributed by atoms with Crippen LogP contribution in [-0.4, -0.2) is 30.1 Å². The van der Waals surface area contributed by atoms with Gasteiger partial charge in [0.25, 0.3) is 0 Å². The van der Waals surface area contributed by atoms with Crippen molar-refractivity contribution >= 4 is 21.9 Å². The molecule has 4 nitrogen and oxygen atoms in total. The zero-order valence-corrected chi connectivity index (χ0v) is 12.7. The van der Waals surface area contributed by atoms with Gasteiger partial charge in [-0.1, -0.05) is 28.1 Å². The Balaban J connectivity index is 2.42. The summed E-state index contributed by atoms with van der Waals surface area (Å²) in [6, 6.07) is 8.11. The van der Waals surface area contributed by atoms with Gasteiger partial charge in [-0.3, -0.25) is 0 Å². The van der Waals surface area contributed by atoms with Gasteiger partial charge in [0.1, 0.15) is 0 Å². The second kappa shape index (κ2) is 6.12. The van der Waals surface area contributed by atoms with Gasteiger partial charge in [-0.15, -0.1) is 0 Å². The lowest BCUT2D eigenvalue weighted by Crippen LogP contribution is -2.26. The number of likely N-dealkylation sites (N-methyl/N-ethyl adjacent to an activating group) is 1. The maximum atomic E-state index is 5.56. The fourth-order valence-corrected chi connectivity index (χ4v) is 2.24. The number of aryl methyl sites for hydroxylation is 1. The van der Waals surface area contributed by atoms with Crippen LogP contribution in [0.15, 0.2) is 34.9 Å². The molecule has 0 aliphatic carbocycles. The molecule has 0 spiro atoms. The quantitative estimate of drug-likeness (QED) is 0.940. The van der Waals surface area contributed by atoms with E-state index in [2.05, 4.69) is 32.0 Å². The van der Waals surface area contributed by atoms with Crippen LogP contribution in [0.3, 0.4) is 0 Å². The summed E-state index contributed by atoms with van der Waals surface area (Å²) in [7, 11) is 1.95. The average Bonchev–Trinajstić information content (AvgIpc) is 2.39. The summed E-state index contributed by atoms with van der Waals surface area (Å²) in [5, 5.41) is 0. The fraction of sp³-hybridized carbons (Fsp3) is 0.286. The van der Waals surface area contributed by atoms with Gasteiger partial charge in [0, 0.05) is 36.4 Å². The Labute approximate surface area is 121 Å². The molecule has 100 valence electrons. The van der Waals surface area contributed by atoms with Crippen molar-refractivity contribution in [3.63, 3.8) is 0 Å². The molecule has 5 heteroatoms. The number of halogens is 1. The second-order valence-electron chi connectivity index (χ2n) is 4.42. The number of nitrogens with two attached hydrogens (primary N) is 1. The van der Waals surface area contributed by atoms with Crippen LogP contribution in [0.5, 0.6) is 0 Å². The first-order valence-electron chi connectivity index (χ1n) is 6.12. The van der Waals surface area contributed by atoms with Crippen LogP contribution in [0.1, 0.15) is 5.56 Å². The molecule has 0 bridgehead atoms. The largest absolute Gasteiger partial charge is 0.343 e. The minimum Gasteiger partial charge on any atom is -0.343 e. The van der Waals surface area contributed by atoms with Gasteiger partial charge in [-0.2, -0.15) is 0 Å². The summed E-state index contributed by atoms with van der Waals surface area (Å²) in [5.74, 6) is 0.700. The maximum absolute atomic E-state index is 5.56. The number of anilines is 1. The number of rotatable bonds is 4. The van der Waals surface area contributed by atoms with Crippen molar-refractivity contribution in [1.29, 1.82) is 0 Å². The molecule has 0 radical (unpaired) electrons. The minimum atomic E-state index is 0.583. The van der Waals surface area contributed by atoms with Gasteiger partial charge in [0.15, 0.2) is 0 Å². The molecule has 0 amide bonds. The van der Waals surface area contributed by atoms with Crippen molar-refractivity contribution in [2.75, 3.05) is 25.0 Å². The van der Waals surface area contributed by atoms with Crippen LogP contribution in [0.4, 0.5) is 5.95 Å². The van der Waals surface area contributed by atoms with Crippen LogP contribution in [-0.2, 0) is 0 Å². The molecule has 1 aromatic heterocycles. The van der Waals surface area contributed by atoms with E-state index in [9.17, 15) is 0 Å². The molecule has 2 aromatic rings. The van der Waals surface area contributed by atoms with Crippen LogP contribution in [0, 0.1) is 6.92 Å². The Morgan fingerprint density at radius 1 is 1.37 bits per heavy atom. The summed E-state index contributed by atoms with van der Waals surface area (Å²) < 4.78 is 1.04. The Morgan fingerprint density at radius 2 is 2.16 bits per heavy atom. The molecule has 0 unspecified atom stereocenters. The first-order chi connectivity index (χ1) is 9.11. The Bertz CT molecular complexity index is 571. The molecule has 19 heavy (non-hydrogen) atoms. The van der Waals surface area contributed by atoms with Gasteiger partial charge < -0.3 is 10.6 Å². The molecule has 0 saturated heterocycles. The van der Waals surface area contributed by atoms with Crippen molar-refractivity contribution in [2.45, 2.75) is 6.92 Å². The second-order valence-corrected chi connectivity index (χ2v) is 5.34. The Hall–Kier alpha value is -1.46. The van der Waals surface area contributed by atoms with E-state index in [0.29, 0.717) is 12.5 Å². The van der Waals surface area contributed by atoms with Crippen LogP contribution in [0.25, 0.3) is 11.3 Å². The molecule has 0 atom stereocenters. The minimum absolute atomic E-state index is 0.583. The number of nitrogens with zero attached hydrogens (tertiary/aromatic N) is 3. The van der Waals surface area contributed by atoms with Crippen LogP contribution < -0.4 is 10.6 Å². The third-order valence-corrected chi connectivity index (χ3v) is 3.36. The summed E-state index contributed by atoms with van der Waals surface area (Å²) in [6.45, 7) is 3.34. The smallest absolute Gasteiger partial charge is 0.225 e. The van der Waals surface area contributed by atoms with E-state index < -0.39 is 0 Å². The maximum Gasteiger partial charge on any atom is 0.225 e. The van der Waals surface area contributed by atoms with Crippen molar-refractivity contribution in [3.05, 3.63) is 40.5 Å². The van der Waals surface area contributed by atoms with E-state index in [1.165, 1.54) is 0 Å². The van der Waals surface area contributed by atoms with E-state index in [1.807, 2.05) is 43.3 Å². The van der Waals surface area contributed by atoms with Gasteiger partial charge in [-0.25, -0.2) is 9.97 Å². The highest BCUT2D eigenvalue weighted by Gasteiger charge is 2.09. The molecular weight excluding hydrogens is 304 g/mol. The summed E-state index contributed by atoms with van der Waals surface area (Å²) in [6.07, 6.45) is 1.85. The normalized spacial score (nSPS) is 10.5. The topological polar surface area (TPSA) is 55.0 Å². The fourth-order valence-electron chi connectivity index (χ4n) is 1.84. The highest BCUT2D eigenvalue weighted by molar-refractivity contribution is 9.10. The SMILES string of the molecule is Cc1cnc(N(C)CCN)nc1-c1cccc(Br)c1. The molecule has 1 aromatic carbocycles. The lowest BCUT2D eigenvalue weighted by molar-refractivity contribution is 0.845. The third-order valence-electron chi connectivity index (χ3n) is 2.86. The van der Waals surface area contributed by atoms with E-state index in [4.69, 9.17) is 5.73 Å². The van der Waals surface area contributed by atoms with Gasteiger partial charge in [0.2, 0.25) is 5.95 Å². The van der Waals surface area contributed by atoms with Crippen molar-refractivity contribution in [1.82, 2.24) is 9.97 Å². The molecule has 0 aliphatic heterocycles. The first-order valence-corrected chi connectivity index (χ1v) is 6.92. The standard InChI is InChI=1S/C14H17BrN4/c1-10-9-17-14(19(2)7-6-16)18-13(10)11-4-3-5-12(15)8-11/h3-5,8-9H,6-7,16H2,1-2H3. The van der Waals surface area contributed by atoms with E-state index in [1.54, 1.807) is 0 Å². The molecular formula is C14H17BrN4. The van der Waals surface area contributed by atoms with Crippen molar-refractivity contribution < 1.29 is 0 Å². The van der Waals surface area contributed by atoms with E-state index >= 15 is 0 Å². The highest BCUT2D eigenvalue weighted by Crippen LogP contribution is 2.25. The average molecular weight is 321 g/mol. The summed E-state index contributed by atoms with van der Waals surface area (Å²) >= 11 is 3.49. The zero-order valence-electron chi connectivity index (χ0n) is 11.1. The number of hydrogen-bond acceptors (Lipinski definition) is 4. The first kappa shape index (κ1) is 14.0. The van der Waals surface area contributed by atoms with Crippen LogP contribution in [0.2, 0.25) is 0 Å². The number of aromatic nitrogens is 2. The van der Waals surface area contributed by atoms with Crippen molar-refractivity contribution in [3.8, 4) is 11.3 Å². The highest BCUT2D eigenvalue weighted by atomic mass is 79.9. The van der Waals surface area contributed by atoms with E-state index in [0.717, 1.165) is 27.8 Å². The Morgan fingerprint density at radius 3 is 2.84 bits per heavy atom. The summed E-state index contributed by atoms with van der Waals surface area (Å²) in [4.78, 5) is 11.0. The van der Waals surface area contributed by atoms with Crippen molar-refractivity contribution in [2.24, 2.45) is 5.73 Å². The number of benzene rings is 1. The van der Waals surface area contributed by atoms with Gasteiger partial charge in [-0.05, 0) is 24.6 Å². The molecule has 1 heterocycles. The zero-order chi connectivity index (χ0) is 13.8. The predicted octanol–water partition coefficient (Wildman–Crippen LogP) is 2.61. The number of hydrogen-bond donors (Lipinski definition) is 1. The molecule has 2 rings (SSSR count). The third kappa shape index (κ3) is 3.30. The lowest BCUT2D eigenvalue weighted by Gasteiger charge is -2.17. The van der Waals surface area contributed by atoms with Gasteiger partial charge >= 0.3 is 0 Å². The summed E-state index contributed by atoms with van der Waals surface area (Å²) in [5.41, 5.74) is 8.65. The molecule has 0 saturated carbocycles. The van der Waals surface area contributed by atoms with E-state index in [-0.39, 0.29) is 0 Å².